The molecule has 0 aliphatic heterocycles. The molecule has 1 heterocycles. The SMILES string of the molecule is CCCn1ccc(CNC2(C)CCCC2)c1. The maximum Gasteiger partial charge on any atom is 0.0225 e. The van der Waals surface area contributed by atoms with E-state index in [2.05, 4.69) is 42.2 Å². The van der Waals surface area contributed by atoms with E-state index < -0.39 is 0 Å². The van der Waals surface area contributed by atoms with Gasteiger partial charge in [-0.15, -0.1) is 0 Å². The second-order valence-electron chi connectivity index (χ2n) is 5.38. The van der Waals surface area contributed by atoms with Gasteiger partial charge in [0, 0.05) is 31.0 Å². The summed E-state index contributed by atoms with van der Waals surface area (Å²) in [6.07, 6.45) is 11.1. The third kappa shape index (κ3) is 2.88. The minimum Gasteiger partial charge on any atom is -0.354 e. The zero-order chi connectivity index (χ0) is 11.4. The predicted octanol–water partition coefficient (Wildman–Crippen LogP) is 3.32. The average Bonchev–Trinajstić information content (AvgIpc) is 2.86. The zero-order valence-electron chi connectivity index (χ0n) is 10.6. The highest BCUT2D eigenvalue weighted by molar-refractivity contribution is 5.10. The Hall–Kier alpha value is -0.760. The Morgan fingerprint density at radius 2 is 2.12 bits per heavy atom. The number of hydrogen-bond acceptors (Lipinski definition) is 1. The average molecular weight is 220 g/mol. The van der Waals surface area contributed by atoms with E-state index in [1.165, 1.54) is 37.7 Å². The van der Waals surface area contributed by atoms with Gasteiger partial charge in [0.05, 0.1) is 0 Å². The van der Waals surface area contributed by atoms with Crippen molar-refractivity contribution in [2.75, 3.05) is 0 Å². The van der Waals surface area contributed by atoms with Gasteiger partial charge in [-0.3, -0.25) is 0 Å². The fourth-order valence-electron chi connectivity index (χ4n) is 2.64. The van der Waals surface area contributed by atoms with Crippen molar-refractivity contribution in [3.05, 3.63) is 24.0 Å². The lowest BCUT2D eigenvalue weighted by Crippen LogP contribution is -2.38. The number of hydrogen-bond donors (Lipinski definition) is 1. The Morgan fingerprint density at radius 3 is 2.81 bits per heavy atom. The molecule has 0 radical (unpaired) electrons. The molecule has 2 rings (SSSR count). The summed E-state index contributed by atoms with van der Waals surface area (Å²) in [5.74, 6) is 0. The van der Waals surface area contributed by atoms with Crippen molar-refractivity contribution in [3.8, 4) is 0 Å². The molecule has 16 heavy (non-hydrogen) atoms. The van der Waals surface area contributed by atoms with Crippen molar-refractivity contribution in [1.82, 2.24) is 9.88 Å². The topological polar surface area (TPSA) is 17.0 Å². The molecule has 1 aromatic rings. The van der Waals surface area contributed by atoms with E-state index >= 15 is 0 Å². The number of aromatic nitrogens is 1. The van der Waals surface area contributed by atoms with Gasteiger partial charge in [-0.25, -0.2) is 0 Å². The van der Waals surface area contributed by atoms with E-state index in [0.29, 0.717) is 5.54 Å². The molecule has 0 amide bonds. The van der Waals surface area contributed by atoms with E-state index in [9.17, 15) is 0 Å². The molecule has 2 heteroatoms. The van der Waals surface area contributed by atoms with Crippen molar-refractivity contribution < 1.29 is 0 Å². The molecule has 90 valence electrons. The molecule has 2 nitrogen and oxygen atoms in total. The molecular formula is C14H24N2. The van der Waals surface area contributed by atoms with Gasteiger partial charge < -0.3 is 9.88 Å². The molecule has 1 fully saturated rings. The number of rotatable bonds is 5. The summed E-state index contributed by atoms with van der Waals surface area (Å²) in [5, 5.41) is 3.72. The highest BCUT2D eigenvalue weighted by Crippen LogP contribution is 2.29. The molecule has 0 spiro atoms. The van der Waals surface area contributed by atoms with Crippen LogP contribution in [-0.4, -0.2) is 10.1 Å². The molecule has 1 aliphatic carbocycles. The van der Waals surface area contributed by atoms with Gasteiger partial charge in [0.2, 0.25) is 0 Å². The van der Waals surface area contributed by atoms with E-state index in [0.717, 1.165) is 13.1 Å². The van der Waals surface area contributed by atoms with Crippen molar-refractivity contribution in [2.24, 2.45) is 0 Å². The Bertz CT molecular complexity index is 321. The van der Waals surface area contributed by atoms with Crippen molar-refractivity contribution in [2.45, 2.75) is 64.6 Å². The van der Waals surface area contributed by atoms with Crippen molar-refractivity contribution >= 4 is 0 Å². The van der Waals surface area contributed by atoms with Crippen LogP contribution >= 0.6 is 0 Å². The van der Waals surface area contributed by atoms with Gasteiger partial charge in [-0.2, -0.15) is 0 Å². The Labute approximate surface area is 99.0 Å². The van der Waals surface area contributed by atoms with Crippen LogP contribution in [0.4, 0.5) is 0 Å². The van der Waals surface area contributed by atoms with Crippen LogP contribution in [0.15, 0.2) is 18.5 Å². The lowest BCUT2D eigenvalue weighted by atomic mass is 10.0. The van der Waals surface area contributed by atoms with Crippen LogP contribution in [0.5, 0.6) is 0 Å². The second-order valence-corrected chi connectivity index (χ2v) is 5.38. The first-order valence-electron chi connectivity index (χ1n) is 6.61. The number of nitrogens with one attached hydrogen (secondary N) is 1. The first-order valence-corrected chi connectivity index (χ1v) is 6.61. The highest BCUT2D eigenvalue weighted by Gasteiger charge is 2.27. The van der Waals surface area contributed by atoms with Crippen LogP contribution in [0, 0.1) is 0 Å². The van der Waals surface area contributed by atoms with E-state index in [1.54, 1.807) is 0 Å². The molecule has 1 aromatic heterocycles. The van der Waals surface area contributed by atoms with Crippen LogP contribution < -0.4 is 5.32 Å². The zero-order valence-corrected chi connectivity index (χ0v) is 10.6. The van der Waals surface area contributed by atoms with E-state index in [1.807, 2.05) is 0 Å². The second kappa shape index (κ2) is 5.05. The van der Waals surface area contributed by atoms with Gasteiger partial charge in [0.15, 0.2) is 0 Å². The fourth-order valence-corrected chi connectivity index (χ4v) is 2.64. The van der Waals surface area contributed by atoms with Crippen LogP contribution in [0.3, 0.4) is 0 Å². The largest absolute Gasteiger partial charge is 0.354 e. The maximum absolute atomic E-state index is 3.72. The monoisotopic (exact) mass is 220 g/mol. The van der Waals surface area contributed by atoms with Crippen molar-refractivity contribution in [1.29, 1.82) is 0 Å². The maximum atomic E-state index is 3.72. The summed E-state index contributed by atoms with van der Waals surface area (Å²) in [4.78, 5) is 0. The molecule has 1 aliphatic rings. The molecule has 0 saturated heterocycles. The quantitative estimate of drug-likeness (QED) is 0.805. The van der Waals surface area contributed by atoms with E-state index in [-0.39, 0.29) is 0 Å². The molecule has 1 saturated carbocycles. The van der Waals surface area contributed by atoms with Gasteiger partial charge in [-0.05, 0) is 37.8 Å². The van der Waals surface area contributed by atoms with Crippen LogP contribution in [-0.2, 0) is 13.1 Å². The summed E-state index contributed by atoms with van der Waals surface area (Å²) in [7, 11) is 0. The first-order chi connectivity index (χ1) is 7.72. The third-order valence-electron chi connectivity index (χ3n) is 3.72. The summed E-state index contributed by atoms with van der Waals surface area (Å²) in [6, 6.07) is 2.24. The fraction of sp³-hybridized carbons (Fsp3) is 0.714. The molecule has 0 unspecified atom stereocenters. The van der Waals surface area contributed by atoms with Gasteiger partial charge in [-0.1, -0.05) is 19.8 Å². The molecule has 0 bridgehead atoms. The standard InChI is InChI=1S/C14H24N2/c1-3-9-16-10-6-13(12-16)11-15-14(2)7-4-5-8-14/h6,10,12,15H,3-5,7-9,11H2,1-2H3. The third-order valence-corrected chi connectivity index (χ3v) is 3.72. The lowest BCUT2D eigenvalue weighted by Gasteiger charge is -2.25. The number of nitrogens with zero attached hydrogens (tertiary/aromatic N) is 1. The Kier molecular flexibility index (Phi) is 3.70. The van der Waals surface area contributed by atoms with Crippen molar-refractivity contribution in [3.63, 3.8) is 0 Å². The first kappa shape index (κ1) is 11.7. The van der Waals surface area contributed by atoms with Gasteiger partial charge >= 0.3 is 0 Å². The molecular weight excluding hydrogens is 196 g/mol. The molecule has 0 aromatic carbocycles. The summed E-state index contributed by atoms with van der Waals surface area (Å²) < 4.78 is 2.29. The van der Waals surface area contributed by atoms with Crippen LogP contribution in [0.25, 0.3) is 0 Å². The normalized spacial score (nSPS) is 19.1. The molecule has 0 atom stereocenters. The van der Waals surface area contributed by atoms with Crippen LogP contribution in [0.2, 0.25) is 0 Å². The lowest BCUT2D eigenvalue weighted by molar-refractivity contribution is 0.362. The Balaban J connectivity index is 1.84. The smallest absolute Gasteiger partial charge is 0.0225 e. The summed E-state index contributed by atoms with van der Waals surface area (Å²) in [5.41, 5.74) is 1.81. The van der Waals surface area contributed by atoms with E-state index in [4.69, 9.17) is 0 Å². The summed E-state index contributed by atoms with van der Waals surface area (Å²) in [6.45, 7) is 6.74. The van der Waals surface area contributed by atoms with Gasteiger partial charge in [0.1, 0.15) is 0 Å². The number of aryl methyl sites for hydroxylation is 1. The predicted molar refractivity (Wildman–Crippen MR) is 68.4 cm³/mol. The minimum absolute atomic E-state index is 0.396. The van der Waals surface area contributed by atoms with Gasteiger partial charge in [0.25, 0.3) is 0 Å². The van der Waals surface area contributed by atoms with Crippen LogP contribution in [0.1, 0.15) is 51.5 Å². The Morgan fingerprint density at radius 1 is 1.38 bits per heavy atom. The summed E-state index contributed by atoms with van der Waals surface area (Å²) >= 11 is 0. The highest BCUT2D eigenvalue weighted by atomic mass is 15.0. The minimum atomic E-state index is 0.396. The molecule has 1 N–H and O–H groups in total.